The average Bonchev–Trinajstić information content (AvgIpc) is 2.84. The van der Waals surface area contributed by atoms with E-state index in [1.807, 2.05) is 30.9 Å². The van der Waals surface area contributed by atoms with Crippen LogP contribution in [0.4, 0.5) is 24.5 Å². The van der Waals surface area contributed by atoms with Crippen LogP contribution >= 0.6 is 0 Å². The molecule has 5 nitrogen and oxygen atoms in total. The second kappa shape index (κ2) is 6.49. The molecule has 2 aliphatic heterocycles. The topological polar surface area (TPSA) is 62.0 Å². The second-order valence-electron chi connectivity index (χ2n) is 7.80. The molecule has 0 amide bonds. The van der Waals surface area contributed by atoms with Crippen molar-refractivity contribution in [1.82, 2.24) is 4.90 Å². The molecule has 2 heterocycles. The molecule has 2 aliphatic rings. The van der Waals surface area contributed by atoms with Crippen LogP contribution in [0.5, 0.6) is 5.75 Å². The summed E-state index contributed by atoms with van der Waals surface area (Å²) in [5, 5.41) is 9.52. The SMILES string of the molecule is C[C@H]1CN(c2cc3c(cc2N)CC(C)(CO)O3)[C@@H](C)CN1CC(F)(F)F. The number of alkyl halides is 3. The zero-order valence-electron chi connectivity index (χ0n) is 15.3. The van der Waals surface area contributed by atoms with Gasteiger partial charge in [0.1, 0.15) is 11.4 Å². The van der Waals surface area contributed by atoms with Crippen LogP contribution in [0.2, 0.25) is 0 Å². The first-order chi connectivity index (χ1) is 12.0. The van der Waals surface area contributed by atoms with E-state index in [1.165, 1.54) is 4.90 Å². The molecule has 0 spiro atoms. The molecule has 3 N–H and O–H groups in total. The standard InChI is InChI=1S/C18H26F3N3O2/c1-11-8-24(12(2)7-23(11)9-18(19,20)21)15-5-16-13(4-14(15)22)6-17(3,10-25)26-16/h4-5,11-12,25H,6-10,22H2,1-3H3/t11-,12-,17?/m0/s1. The number of aliphatic hydroxyl groups is 1. The van der Waals surface area contributed by atoms with E-state index in [-0.39, 0.29) is 18.7 Å². The Morgan fingerprint density at radius 2 is 1.96 bits per heavy atom. The van der Waals surface area contributed by atoms with Crippen LogP contribution in [-0.4, -0.2) is 60.1 Å². The first kappa shape index (κ1) is 19.1. The Kier molecular flexibility index (Phi) is 4.77. The summed E-state index contributed by atoms with van der Waals surface area (Å²) in [5.41, 5.74) is 7.89. The minimum absolute atomic E-state index is 0.0968. The molecule has 0 bridgehead atoms. The summed E-state index contributed by atoms with van der Waals surface area (Å²) in [6.45, 7) is 5.31. The van der Waals surface area contributed by atoms with Gasteiger partial charge < -0.3 is 20.5 Å². The number of hydrogen-bond donors (Lipinski definition) is 2. The van der Waals surface area contributed by atoms with Gasteiger partial charge in [-0.25, -0.2) is 0 Å². The van der Waals surface area contributed by atoms with Crippen molar-refractivity contribution >= 4 is 11.4 Å². The number of anilines is 2. The van der Waals surface area contributed by atoms with Gasteiger partial charge in [0, 0.05) is 43.2 Å². The Bertz CT molecular complexity index is 682. The third-order valence-corrected chi connectivity index (χ3v) is 5.27. The fourth-order valence-electron chi connectivity index (χ4n) is 3.89. The normalized spacial score (nSPS) is 29.6. The zero-order chi connectivity index (χ0) is 19.3. The summed E-state index contributed by atoms with van der Waals surface area (Å²) in [6.07, 6.45) is -3.63. The van der Waals surface area contributed by atoms with Crippen molar-refractivity contribution in [3.05, 3.63) is 17.7 Å². The van der Waals surface area contributed by atoms with Gasteiger partial charge in [-0.15, -0.1) is 0 Å². The number of nitrogens with two attached hydrogens (primary N) is 1. The van der Waals surface area contributed by atoms with E-state index in [2.05, 4.69) is 0 Å². The number of rotatable bonds is 3. The fraction of sp³-hybridized carbons (Fsp3) is 0.667. The quantitative estimate of drug-likeness (QED) is 0.797. The summed E-state index contributed by atoms with van der Waals surface area (Å²) in [4.78, 5) is 3.51. The fourth-order valence-corrected chi connectivity index (χ4v) is 3.89. The van der Waals surface area contributed by atoms with Gasteiger partial charge in [-0.05, 0) is 26.8 Å². The lowest BCUT2D eigenvalue weighted by atomic mass is 9.99. The van der Waals surface area contributed by atoms with E-state index >= 15 is 0 Å². The molecule has 1 fully saturated rings. The summed E-state index contributed by atoms with van der Waals surface area (Å²) < 4.78 is 44.2. The molecule has 3 atom stereocenters. The number of aliphatic hydroxyl groups excluding tert-OH is 1. The van der Waals surface area contributed by atoms with Crippen molar-refractivity contribution in [3.8, 4) is 5.75 Å². The molecule has 8 heteroatoms. The lowest BCUT2D eigenvalue weighted by Gasteiger charge is -2.45. The maximum absolute atomic E-state index is 12.8. The number of fused-ring (bicyclic) bond motifs is 1. The van der Waals surface area contributed by atoms with Crippen molar-refractivity contribution in [2.24, 2.45) is 0 Å². The maximum atomic E-state index is 12.8. The summed E-state index contributed by atoms with van der Waals surface area (Å²) >= 11 is 0. The smallest absolute Gasteiger partial charge is 0.401 e. The number of hydrogen-bond acceptors (Lipinski definition) is 5. The number of halogens is 3. The molecule has 0 aromatic heterocycles. The number of benzene rings is 1. The highest BCUT2D eigenvalue weighted by molar-refractivity contribution is 5.73. The lowest BCUT2D eigenvalue weighted by molar-refractivity contribution is -0.152. The maximum Gasteiger partial charge on any atom is 0.401 e. The Morgan fingerprint density at radius 3 is 2.58 bits per heavy atom. The molecule has 0 aliphatic carbocycles. The van der Waals surface area contributed by atoms with Gasteiger partial charge in [0.2, 0.25) is 0 Å². The third-order valence-electron chi connectivity index (χ3n) is 5.27. The van der Waals surface area contributed by atoms with Crippen molar-refractivity contribution in [3.63, 3.8) is 0 Å². The highest BCUT2D eigenvalue weighted by Crippen LogP contribution is 2.41. The Balaban J connectivity index is 1.82. The average molecular weight is 373 g/mol. The third kappa shape index (κ3) is 3.71. The molecule has 146 valence electrons. The van der Waals surface area contributed by atoms with E-state index in [0.29, 0.717) is 30.9 Å². The summed E-state index contributed by atoms with van der Waals surface area (Å²) in [7, 11) is 0. The molecule has 26 heavy (non-hydrogen) atoms. The van der Waals surface area contributed by atoms with E-state index in [0.717, 1.165) is 11.3 Å². The Labute approximate surface area is 151 Å². The molecule has 1 aromatic carbocycles. The van der Waals surface area contributed by atoms with Gasteiger partial charge in [0.15, 0.2) is 0 Å². The first-order valence-corrected chi connectivity index (χ1v) is 8.81. The number of nitrogen functional groups attached to an aromatic ring is 1. The zero-order valence-corrected chi connectivity index (χ0v) is 15.3. The molecule has 1 unspecified atom stereocenters. The number of nitrogens with zero attached hydrogens (tertiary/aromatic N) is 2. The van der Waals surface area contributed by atoms with Crippen LogP contribution in [-0.2, 0) is 6.42 Å². The van der Waals surface area contributed by atoms with E-state index in [1.54, 1.807) is 6.92 Å². The van der Waals surface area contributed by atoms with Crippen LogP contribution in [0.25, 0.3) is 0 Å². The van der Waals surface area contributed by atoms with Crippen molar-refractivity contribution in [1.29, 1.82) is 0 Å². The van der Waals surface area contributed by atoms with Crippen molar-refractivity contribution < 1.29 is 23.0 Å². The number of ether oxygens (including phenoxy) is 1. The Morgan fingerprint density at radius 1 is 1.27 bits per heavy atom. The molecule has 3 rings (SSSR count). The van der Waals surface area contributed by atoms with Gasteiger partial charge in [-0.1, -0.05) is 0 Å². The van der Waals surface area contributed by atoms with Crippen LogP contribution in [0, 0.1) is 0 Å². The van der Waals surface area contributed by atoms with E-state index < -0.39 is 18.3 Å². The van der Waals surface area contributed by atoms with Gasteiger partial charge in [0.05, 0.1) is 24.5 Å². The molecule has 0 radical (unpaired) electrons. The minimum Gasteiger partial charge on any atom is -0.484 e. The predicted molar refractivity (Wildman–Crippen MR) is 94.6 cm³/mol. The lowest BCUT2D eigenvalue weighted by Crippen LogP contribution is -2.58. The first-order valence-electron chi connectivity index (χ1n) is 8.81. The van der Waals surface area contributed by atoms with Gasteiger partial charge in [0.25, 0.3) is 0 Å². The summed E-state index contributed by atoms with van der Waals surface area (Å²) in [5.74, 6) is 0.684. The van der Waals surface area contributed by atoms with E-state index in [9.17, 15) is 18.3 Å². The summed E-state index contributed by atoms with van der Waals surface area (Å²) in [6, 6.07) is 3.35. The molecular formula is C18H26F3N3O2. The van der Waals surface area contributed by atoms with Crippen molar-refractivity contribution in [2.75, 3.05) is 36.9 Å². The van der Waals surface area contributed by atoms with E-state index in [4.69, 9.17) is 10.5 Å². The Hall–Kier alpha value is -1.67. The van der Waals surface area contributed by atoms with Gasteiger partial charge in [-0.2, -0.15) is 13.2 Å². The van der Waals surface area contributed by atoms with Crippen molar-refractivity contribution in [2.45, 2.75) is 51.1 Å². The molecular weight excluding hydrogens is 347 g/mol. The van der Waals surface area contributed by atoms with Gasteiger partial charge in [-0.3, -0.25) is 4.90 Å². The predicted octanol–water partition coefficient (Wildman–Crippen LogP) is 2.42. The van der Waals surface area contributed by atoms with Crippen LogP contribution < -0.4 is 15.4 Å². The second-order valence-corrected chi connectivity index (χ2v) is 7.80. The molecule has 0 saturated carbocycles. The van der Waals surface area contributed by atoms with Gasteiger partial charge >= 0.3 is 6.18 Å². The number of piperazine rings is 1. The monoisotopic (exact) mass is 373 g/mol. The highest BCUT2D eigenvalue weighted by Gasteiger charge is 2.39. The molecule has 1 aromatic rings. The largest absolute Gasteiger partial charge is 0.484 e. The minimum atomic E-state index is -4.20. The molecule has 1 saturated heterocycles. The van der Waals surface area contributed by atoms with Crippen LogP contribution in [0.1, 0.15) is 26.3 Å². The van der Waals surface area contributed by atoms with Crippen LogP contribution in [0.3, 0.4) is 0 Å². The van der Waals surface area contributed by atoms with Crippen LogP contribution in [0.15, 0.2) is 12.1 Å². The highest BCUT2D eigenvalue weighted by atomic mass is 19.4.